The topological polar surface area (TPSA) is 101 Å². The zero-order valence-corrected chi connectivity index (χ0v) is 20.5. The highest BCUT2D eigenvalue weighted by molar-refractivity contribution is 6.32. The second kappa shape index (κ2) is 9.89. The molecular formula is C24H29ClN6O3. The normalized spacial score (nSPS) is 15.7. The molecule has 9 nitrogen and oxygen atoms in total. The lowest BCUT2D eigenvalue weighted by Gasteiger charge is -2.18. The van der Waals surface area contributed by atoms with Gasteiger partial charge < -0.3 is 24.8 Å². The summed E-state index contributed by atoms with van der Waals surface area (Å²) in [6.45, 7) is 7.68. The van der Waals surface area contributed by atoms with Crippen LogP contribution in [0.1, 0.15) is 33.2 Å². The van der Waals surface area contributed by atoms with Gasteiger partial charge in [0.05, 0.1) is 11.7 Å². The molecule has 1 saturated heterocycles. The highest BCUT2D eigenvalue weighted by atomic mass is 35.5. The minimum atomic E-state index is -0.312. The van der Waals surface area contributed by atoms with Crippen LogP contribution in [0.25, 0.3) is 10.9 Å². The first-order valence-corrected chi connectivity index (χ1v) is 11.7. The largest absolute Gasteiger partial charge is 0.478 e. The molecule has 1 unspecified atom stereocenters. The zero-order chi connectivity index (χ0) is 24.4. The van der Waals surface area contributed by atoms with Crippen LogP contribution in [0.15, 0.2) is 35.3 Å². The molecule has 0 radical (unpaired) electrons. The Kier molecular flexibility index (Phi) is 6.92. The van der Waals surface area contributed by atoms with Gasteiger partial charge >= 0.3 is 0 Å². The van der Waals surface area contributed by atoms with E-state index in [1.165, 1.54) is 7.05 Å². The predicted molar refractivity (Wildman–Crippen MR) is 134 cm³/mol. The van der Waals surface area contributed by atoms with E-state index in [4.69, 9.17) is 16.3 Å². The van der Waals surface area contributed by atoms with Crippen molar-refractivity contribution in [3.63, 3.8) is 0 Å². The Morgan fingerprint density at radius 3 is 2.79 bits per heavy atom. The molecule has 1 aromatic carbocycles. The van der Waals surface area contributed by atoms with E-state index < -0.39 is 0 Å². The Bertz CT molecular complexity index is 1280. The molecule has 3 aromatic rings. The van der Waals surface area contributed by atoms with Gasteiger partial charge in [0.1, 0.15) is 5.02 Å². The van der Waals surface area contributed by atoms with Gasteiger partial charge in [0, 0.05) is 37.3 Å². The van der Waals surface area contributed by atoms with Crippen LogP contribution in [0.5, 0.6) is 5.75 Å². The summed E-state index contributed by atoms with van der Waals surface area (Å²) < 4.78 is 7.19. The average Bonchev–Trinajstić information content (AvgIpc) is 3.25. The fraction of sp³-hybridized carbons (Fsp3) is 0.417. The Hall–Kier alpha value is -3.33. The lowest BCUT2D eigenvalue weighted by Crippen LogP contribution is -2.29. The van der Waals surface area contributed by atoms with E-state index in [1.54, 1.807) is 16.8 Å². The third-order valence-corrected chi connectivity index (χ3v) is 6.13. The van der Waals surface area contributed by atoms with Crippen molar-refractivity contribution in [2.24, 2.45) is 5.92 Å². The lowest BCUT2D eigenvalue weighted by molar-refractivity contribution is -0.122. The molecule has 34 heavy (non-hydrogen) atoms. The number of pyridine rings is 1. The molecule has 180 valence electrons. The molecule has 10 heteroatoms. The molecule has 0 bridgehead atoms. The Morgan fingerprint density at radius 1 is 1.32 bits per heavy atom. The minimum Gasteiger partial charge on any atom is -0.478 e. The Morgan fingerprint density at radius 2 is 2.12 bits per heavy atom. The van der Waals surface area contributed by atoms with Gasteiger partial charge in [-0.2, -0.15) is 4.98 Å². The number of nitrogens with one attached hydrogen (secondary N) is 2. The summed E-state index contributed by atoms with van der Waals surface area (Å²) >= 11 is 6.39. The van der Waals surface area contributed by atoms with Crippen LogP contribution in [-0.2, 0) is 4.79 Å². The molecular weight excluding hydrogens is 456 g/mol. The monoisotopic (exact) mass is 484 g/mol. The molecule has 0 saturated carbocycles. The Labute approximate surface area is 203 Å². The summed E-state index contributed by atoms with van der Waals surface area (Å²) in [7, 11) is 1.52. The standard InChI is InChI=1S/C24H29ClN6O3/c1-14(2)31-19-6-5-17(9-16(19)10-20(23(31)33)34-13-21(32)26-4)28-22-18(25)11-27-24(29-22)30-8-7-15(3)12-30/h5-6,9-11,14-15H,7-8,12-13H2,1-4H3,(H,26,32)(H,27,28,29). The highest BCUT2D eigenvalue weighted by Crippen LogP contribution is 2.29. The number of rotatable bonds is 7. The summed E-state index contributed by atoms with van der Waals surface area (Å²) in [5.74, 6) is 1.57. The molecule has 2 aromatic heterocycles. The molecule has 1 aliphatic rings. The molecule has 4 rings (SSSR count). The fourth-order valence-electron chi connectivity index (χ4n) is 4.08. The molecule has 0 spiro atoms. The number of nitrogens with zero attached hydrogens (tertiary/aromatic N) is 4. The van der Waals surface area contributed by atoms with Crippen LogP contribution in [0.4, 0.5) is 17.5 Å². The molecule has 1 fully saturated rings. The number of amides is 1. The number of anilines is 3. The average molecular weight is 485 g/mol. The number of ether oxygens (including phenoxy) is 1. The quantitative estimate of drug-likeness (QED) is 0.526. The summed E-state index contributed by atoms with van der Waals surface area (Å²) in [4.78, 5) is 35.8. The number of fused-ring (bicyclic) bond motifs is 1. The number of benzene rings is 1. The van der Waals surface area contributed by atoms with Gasteiger partial charge in [0.15, 0.2) is 18.2 Å². The maximum Gasteiger partial charge on any atom is 0.293 e. The van der Waals surface area contributed by atoms with Gasteiger partial charge in [0.25, 0.3) is 11.5 Å². The highest BCUT2D eigenvalue weighted by Gasteiger charge is 2.22. The third kappa shape index (κ3) is 4.94. The fourth-order valence-corrected chi connectivity index (χ4v) is 4.22. The van der Waals surface area contributed by atoms with E-state index in [9.17, 15) is 9.59 Å². The number of halogens is 1. The zero-order valence-electron chi connectivity index (χ0n) is 19.8. The summed E-state index contributed by atoms with van der Waals surface area (Å²) in [5, 5.41) is 6.96. The first-order chi connectivity index (χ1) is 16.3. The second-order valence-electron chi connectivity index (χ2n) is 8.84. The van der Waals surface area contributed by atoms with Crippen molar-refractivity contribution in [2.75, 3.05) is 37.0 Å². The molecule has 1 atom stereocenters. The number of likely N-dealkylation sites (N-methyl/N-ethyl adjacent to an activating group) is 1. The van der Waals surface area contributed by atoms with E-state index in [1.807, 2.05) is 32.0 Å². The van der Waals surface area contributed by atoms with Crippen LogP contribution in [0, 0.1) is 5.92 Å². The van der Waals surface area contributed by atoms with E-state index in [0.29, 0.717) is 22.7 Å². The molecule has 3 heterocycles. The molecule has 0 aliphatic carbocycles. The number of carbonyl (C=O) groups excluding carboxylic acids is 1. The summed E-state index contributed by atoms with van der Waals surface area (Å²) in [6.07, 6.45) is 2.72. The van der Waals surface area contributed by atoms with Crippen molar-refractivity contribution < 1.29 is 9.53 Å². The van der Waals surface area contributed by atoms with Gasteiger partial charge in [-0.05, 0) is 50.5 Å². The first kappa shape index (κ1) is 23.8. The second-order valence-corrected chi connectivity index (χ2v) is 9.25. The van der Waals surface area contributed by atoms with Gasteiger partial charge in [-0.1, -0.05) is 18.5 Å². The van der Waals surface area contributed by atoms with Crippen LogP contribution in [0.3, 0.4) is 0 Å². The summed E-state index contributed by atoms with van der Waals surface area (Å²) in [5.41, 5.74) is 1.23. The van der Waals surface area contributed by atoms with Crippen molar-refractivity contribution in [3.05, 3.63) is 45.8 Å². The van der Waals surface area contributed by atoms with E-state index in [-0.39, 0.29) is 29.9 Å². The smallest absolute Gasteiger partial charge is 0.293 e. The van der Waals surface area contributed by atoms with Crippen LogP contribution in [0.2, 0.25) is 5.02 Å². The van der Waals surface area contributed by atoms with Crippen LogP contribution < -0.4 is 25.8 Å². The molecule has 1 amide bonds. The maximum atomic E-state index is 13.0. The number of carbonyl (C=O) groups is 1. The van der Waals surface area contributed by atoms with Gasteiger partial charge in [-0.15, -0.1) is 0 Å². The first-order valence-electron chi connectivity index (χ1n) is 11.3. The number of aromatic nitrogens is 3. The van der Waals surface area contributed by atoms with Crippen molar-refractivity contribution >= 4 is 45.9 Å². The Balaban J connectivity index is 1.68. The van der Waals surface area contributed by atoms with E-state index in [2.05, 4.69) is 32.4 Å². The van der Waals surface area contributed by atoms with Gasteiger partial charge in [-0.25, -0.2) is 4.98 Å². The number of hydrogen-bond acceptors (Lipinski definition) is 7. The van der Waals surface area contributed by atoms with Crippen molar-refractivity contribution in [1.82, 2.24) is 19.9 Å². The predicted octanol–water partition coefficient (Wildman–Crippen LogP) is 3.74. The minimum absolute atomic E-state index is 0.0981. The van der Waals surface area contributed by atoms with Crippen LogP contribution in [-0.4, -0.2) is 47.2 Å². The van der Waals surface area contributed by atoms with Crippen molar-refractivity contribution in [1.29, 1.82) is 0 Å². The lowest BCUT2D eigenvalue weighted by atomic mass is 10.1. The van der Waals surface area contributed by atoms with E-state index in [0.717, 1.165) is 36.1 Å². The van der Waals surface area contributed by atoms with Crippen LogP contribution >= 0.6 is 11.6 Å². The molecule has 2 N–H and O–H groups in total. The van der Waals surface area contributed by atoms with Crippen molar-refractivity contribution in [2.45, 2.75) is 33.2 Å². The molecule has 1 aliphatic heterocycles. The third-order valence-electron chi connectivity index (χ3n) is 5.86. The maximum absolute atomic E-state index is 13.0. The van der Waals surface area contributed by atoms with E-state index >= 15 is 0 Å². The SMILES string of the molecule is CNC(=O)COc1cc2cc(Nc3nc(N4CCC(C)C4)ncc3Cl)ccc2n(C(C)C)c1=O. The number of hydrogen-bond donors (Lipinski definition) is 2. The summed E-state index contributed by atoms with van der Waals surface area (Å²) in [6, 6.07) is 7.21. The van der Waals surface area contributed by atoms with Gasteiger partial charge in [0.2, 0.25) is 5.95 Å². The van der Waals surface area contributed by atoms with Gasteiger partial charge in [-0.3, -0.25) is 9.59 Å². The van der Waals surface area contributed by atoms with Crippen molar-refractivity contribution in [3.8, 4) is 5.75 Å².